The van der Waals surface area contributed by atoms with Gasteiger partial charge in [0.2, 0.25) is 5.91 Å². The molecule has 136 valence electrons. The van der Waals surface area contributed by atoms with Crippen molar-refractivity contribution in [2.45, 2.75) is 25.8 Å². The summed E-state index contributed by atoms with van der Waals surface area (Å²) in [7, 11) is 1.31. The first-order valence-electron chi connectivity index (χ1n) is 8.35. The van der Waals surface area contributed by atoms with Gasteiger partial charge in [0.15, 0.2) is 0 Å². The van der Waals surface area contributed by atoms with E-state index in [1.54, 1.807) is 29.2 Å². The topological polar surface area (TPSA) is 75.7 Å². The maximum absolute atomic E-state index is 12.8. The van der Waals surface area contributed by atoms with Crippen LogP contribution in [0.4, 0.5) is 5.69 Å². The number of anilines is 1. The van der Waals surface area contributed by atoms with Gasteiger partial charge in [0.1, 0.15) is 6.04 Å². The van der Waals surface area contributed by atoms with Crippen molar-refractivity contribution in [2.24, 2.45) is 0 Å². The number of carbonyl (C=O) groups excluding carboxylic acids is 3. The van der Waals surface area contributed by atoms with Crippen molar-refractivity contribution in [1.29, 1.82) is 0 Å². The van der Waals surface area contributed by atoms with Crippen molar-refractivity contribution >= 4 is 34.8 Å². The molecule has 1 unspecified atom stereocenters. The number of aryl methyl sites for hydroxylation is 1. The molecule has 1 aromatic heterocycles. The maximum atomic E-state index is 12.8. The largest absolute Gasteiger partial charge is 0.465 e. The Kier molecular flexibility index (Phi) is 5.37. The lowest BCUT2D eigenvalue weighted by atomic mass is 10.1. The highest BCUT2D eigenvalue weighted by molar-refractivity contribution is 7.12. The highest BCUT2D eigenvalue weighted by Gasteiger charge is 2.35. The first-order chi connectivity index (χ1) is 12.5. The van der Waals surface area contributed by atoms with E-state index in [2.05, 4.69) is 5.32 Å². The quantitative estimate of drug-likeness (QED) is 0.837. The number of nitrogens with zero attached hydrogens (tertiary/aromatic N) is 1. The standard InChI is InChI=1S/C19H20N2O4S/c1-12-7-8-13(19(24)25-2)11-14(12)20-17(22)15-5-3-9-21(15)18(23)16-6-4-10-26-16/h4,6-8,10-11,15H,3,5,9H2,1-2H3,(H,20,22). The average molecular weight is 372 g/mol. The van der Waals surface area contributed by atoms with Gasteiger partial charge in [0, 0.05) is 12.2 Å². The molecule has 1 N–H and O–H groups in total. The molecule has 1 saturated heterocycles. The molecule has 3 rings (SSSR count). The molecule has 1 aromatic carbocycles. The molecule has 0 radical (unpaired) electrons. The molecule has 1 fully saturated rings. The van der Waals surface area contributed by atoms with Crippen molar-refractivity contribution < 1.29 is 19.1 Å². The van der Waals surface area contributed by atoms with E-state index in [-0.39, 0.29) is 11.8 Å². The summed E-state index contributed by atoms with van der Waals surface area (Å²) in [5, 5.41) is 4.71. The van der Waals surface area contributed by atoms with Gasteiger partial charge in [-0.15, -0.1) is 11.3 Å². The van der Waals surface area contributed by atoms with Crippen molar-refractivity contribution in [3.63, 3.8) is 0 Å². The van der Waals surface area contributed by atoms with Gasteiger partial charge in [-0.2, -0.15) is 0 Å². The van der Waals surface area contributed by atoms with Gasteiger partial charge in [0.05, 0.1) is 17.6 Å². The summed E-state index contributed by atoms with van der Waals surface area (Å²) in [5.41, 5.74) is 1.75. The Bertz CT molecular complexity index is 832. The van der Waals surface area contributed by atoms with Crippen LogP contribution in [0.25, 0.3) is 0 Å². The number of ether oxygens (including phenoxy) is 1. The van der Waals surface area contributed by atoms with Crippen molar-refractivity contribution in [2.75, 3.05) is 19.0 Å². The number of nitrogens with one attached hydrogen (secondary N) is 1. The number of hydrogen-bond donors (Lipinski definition) is 1. The Labute approximate surface area is 155 Å². The monoisotopic (exact) mass is 372 g/mol. The Morgan fingerprint density at radius 3 is 2.77 bits per heavy atom. The fourth-order valence-corrected chi connectivity index (χ4v) is 3.72. The van der Waals surface area contributed by atoms with Gasteiger partial charge in [-0.1, -0.05) is 12.1 Å². The molecule has 0 spiro atoms. The van der Waals surface area contributed by atoms with E-state index in [1.807, 2.05) is 18.4 Å². The SMILES string of the molecule is COC(=O)c1ccc(C)c(NC(=O)C2CCCN2C(=O)c2cccs2)c1. The van der Waals surface area contributed by atoms with E-state index in [0.29, 0.717) is 29.1 Å². The second-order valence-electron chi connectivity index (χ2n) is 6.14. The van der Waals surface area contributed by atoms with Gasteiger partial charge >= 0.3 is 5.97 Å². The van der Waals surface area contributed by atoms with Crippen molar-refractivity contribution in [3.8, 4) is 0 Å². The molecule has 0 saturated carbocycles. The molecule has 0 aliphatic carbocycles. The summed E-state index contributed by atoms with van der Waals surface area (Å²) in [4.78, 5) is 39.4. The van der Waals surface area contributed by atoms with Gasteiger partial charge < -0.3 is 15.0 Å². The van der Waals surface area contributed by atoms with Crippen LogP contribution in [0.3, 0.4) is 0 Å². The highest BCUT2D eigenvalue weighted by atomic mass is 32.1. The molecule has 2 heterocycles. The summed E-state index contributed by atoms with van der Waals surface area (Å²) in [6.45, 7) is 2.41. The maximum Gasteiger partial charge on any atom is 0.337 e. The smallest absolute Gasteiger partial charge is 0.337 e. The zero-order chi connectivity index (χ0) is 18.7. The van der Waals surface area contributed by atoms with E-state index in [1.165, 1.54) is 18.4 Å². The van der Waals surface area contributed by atoms with E-state index >= 15 is 0 Å². The van der Waals surface area contributed by atoms with E-state index in [0.717, 1.165) is 12.0 Å². The normalized spacial score (nSPS) is 16.4. The van der Waals surface area contributed by atoms with Crippen LogP contribution < -0.4 is 5.32 Å². The minimum Gasteiger partial charge on any atom is -0.465 e. The molecular weight excluding hydrogens is 352 g/mol. The van der Waals surface area contributed by atoms with E-state index < -0.39 is 12.0 Å². The molecule has 7 heteroatoms. The number of thiophene rings is 1. The number of rotatable bonds is 4. The van der Waals surface area contributed by atoms with Gasteiger partial charge in [-0.25, -0.2) is 4.79 Å². The Balaban J connectivity index is 1.77. The van der Waals surface area contributed by atoms with Crippen LogP contribution in [0, 0.1) is 6.92 Å². The van der Waals surface area contributed by atoms with Gasteiger partial charge in [-0.3, -0.25) is 9.59 Å². The van der Waals surface area contributed by atoms with Crippen LogP contribution in [-0.4, -0.2) is 42.4 Å². The molecule has 2 aromatic rings. The molecular formula is C19H20N2O4S. The van der Waals surface area contributed by atoms with Crippen molar-refractivity contribution in [1.82, 2.24) is 4.90 Å². The Hall–Kier alpha value is -2.67. The lowest BCUT2D eigenvalue weighted by molar-refractivity contribution is -0.119. The first-order valence-corrected chi connectivity index (χ1v) is 9.23. The zero-order valence-corrected chi connectivity index (χ0v) is 15.5. The summed E-state index contributed by atoms with van der Waals surface area (Å²) < 4.78 is 4.72. The van der Waals surface area contributed by atoms with E-state index in [4.69, 9.17) is 4.74 Å². The predicted molar refractivity (Wildman–Crippen MR) is 99.5 cm³/mol. The lowest BCUT2D eigenvalue weighted by Crippen LogP contribution is -2.43. The van der Waals surface area contributed by atoms with Crippen LogP contribution in [0.5, 0.6) is 0 Å². The molecule has 26 heavy (non-hydrogen) atoms. The van der Waals surface area contributed by atoms with Crippen LogP contribution in [-0.2, 0) is 9.53 Å². The first kappa shape index (κ1) is 18.1. The number of likely N-dealkylation sites (tertiary alicyclic amines) is 1. The second kappa shape index (κ2) is 7.70. The highest BCUT2D eigenvalue weighted by Crippen LogP contribution is 2.24. The summed E-state index contributed by atoms with van der Waals surface area (Å²) >= 11 is 1.37. The number of benzene rings is 1. The van der Waals surface area contributed by atoms with Gasteiger partial charge in [-0.05, 0) is 48.9 Å². The third-order valence-electron chi connectivity index (χ3n) is 4.46. The van der Waals surface area contributed by atoms with Crippen molar-refractivity contribution in [3.05, 3.63) is 51.7 Å². The minimum atomic E-state index is -0.509. The van der Waals surface area contributed by atoms with Crippen LogP contribution in [0.2, 0.25) is 0 Å². The second-order valence-corrected chi connectivity index (χ2v) is 7.09. The molecule has 1 aliphatic heterocycles. The number of amides is 2. The van der Waals surface area contributed by atoms with Gasteiger partial charge in [0.25, 0.3) is 5.91 Å². The van der Waals surface area contributed by atoms with Crippen LogP contribution in [0.1, 0.15) is 38.4 Å². The predicted octanol–water partition coefficient (Wildman–Crippen LogP) is 3.09. The minimum absolute atomic E-state index is 0.113. The number of hydrogen-bond acceptors (Lipinski definition) is 5. The molecule has 2 amide bonds. The van der Waals surface area contributed by atoms with Crippen LogP contribution in [0.15, 0.2) is 35.7 Å². The molecule has 1 atom stereocenters. The molecule has 6 nitrogen and oxygen atoms in total. The fraction of sp³-hybridized carbons (Fsp3) is 0.316. The summed E-state index contributed by atoms with van der Waals surface area (Å²) in [6, 6.07) is 8.09. The lowest BCUT2D eigenvalue weighted by Gasteiger charge is -2.24. The third kappa shape index (κ3) is 3.62. The Morgan fingerprint density at radius 2 is 2.08 bits per heavy atom. The summed E-state index contributed by atoms with van der Waals surface area (Å²) in [6.07, 6.45) is 1.41. The van der Waals surface area contributed by atoms with E-state index in [9.17, 15) is 14.4 Å². The van der Waals surface area contributed by atoms with Crippen LogP contribution >= 0.6 is 11.3 Å². The average Bonchev–Trinajstić information content (AvgIpc) is 3.34. The number of carbonyl (C=O) groups is 3. The number of esters is 1. The molecule has 1 aliphatic rings. The number of methoxy groups -OCH3 is 1. The zero-order valence-electron chi connectivity index (χ0n) is 14.7. The fourth-order valence-electron chi connectivity index (χ4n) is 3.04. The Morgan fingerprint density at radius 1 is 1.27 bits per heavy atom. The molecule has 0 bridgehead atoms. The third-order valence-corrected chi connectivity index (χ3v) is 5.32. The summed E-state index contributed by atoms with van der Waals surface area (Å²) in [5.74, 6) is -0.814.